The Balaban J connectivity index is 0.00000300. The quantitative estimate of drug-likeness (QED) is 0.559. The van der Waals surface area contributed by atoms with Gasteiger partial charge in [-0.25, -0.2) is 0 Å². The second-order valence-corrected chi connectivity index (χ2v) is 8.79. The first-order valence-corrected chi connectivity index (χ1v) is 11.6. The lowest BCUT2D eigenvalue weighted by Crippen LogP contribution is -2.28. The Labute approximate surface area is 188 Å². The average molecular weight is 456 g/mol. The summed E-state index contributed by atoms with van der Waals surface area (Å²) in [6.45, 7) is 3.66. The third-order valence-electron chi connectivity index (χ3n) is 5.23. The van der Waals surface area contributed by atoms with Crippen molar-refractivity contribution < 1.29 is 4.79 Å². The van der Waals surface area contributed by atoms with Crippen molar-refractivity contribution >= 4 is 41.3 Å². The van der Waals surface area contributed by atoms with Crippen molar-refractivity contribution in [3.63, 3.8) is 0 Å². The molecule has 4 nitrogen and oxygen atoms in total. The molecule has 29 heavy (non-hydrogen) atoms. The van der Waals surface area contributed by atoms with E-state index in [-0.39, 0.29) is 18.3 Å². The number of hydrogen-bond donors (Lipinski definition) is 1. The van der Waals surface area contributed by atoms with E-state index in [9.17, 15) is 4.79 Å². The minimum atomic E-state index is 0. The number of thiazole rings is 1. The van der Waals surface area contributed by atoms with E-state index in [1.807, 2.05) is 24.3 Å². The normalized spacial score (nSPS) is 15.2. The molecule has 1 aliphatic rings. The van der Waals surface area contributed by atoms with Gasteiger partial charge in [-0.2, -0.15) is 0 Å². The first kappa shape index (κ1) is 24.0. The van der Waals surface area contributed by atoms with E-state index in [0.717, 1.165) is 35.4 Å². The molecule has 0 radical (unpaired) electrons. The maximum atomic E-state index is 12.5. The fraction of sp³-hybridized carbons (Fsp3) is 0.545. The van der Waals surface area contributed by atoms with Crippen LogP contribution in [0.3, 0.4) is 0 Å². The summed E-state index contributed by atoms with van der Waals surface area (Å²) in [6.07, 6.45) is 8.94. The van der Waals surface area contributed by atoms with Crippen LogP contribution in [-0.2, 0) is 24.3 Å². The van der Waals surface area contributed by atoms with Crippen molar-refractivity contribution in [2.45, 2.75) is 77.4 Å². The molecule has 1 saturated carbocycles. The van der Waals surface area contributed by atoms with Crippen LogP contribution in [0.2, 0.25) is 5.02 Å². The van der Waals surface area contributed by atoms with Gasteiger partial charge in [-0.3, -0.25) is 9.79 Å². The lowest BCUT2D eigenvalue weighted by atomic mass is 9.96. The van der Waals surface area contributed by atoms with Gasteiger partial charge in [0.25, 0.3) is 0 Å². The maximum absolute atomic E-state index is 12.5. The van der Waals surface area contributed by atoms with E-state index in [1.165, 1.54) is 32.1 Å². The SMILES string of the molecule is CCCCn1c(CC(=O)NCc2ccc(Cl)cc2)csc1=NC1CCCCC1.Cl. The number of amides is 1. The zero-order valence-corrected chi connectivity index (χ0v) is 19.4. The Morgan fingerprint density at radius 3 is 2.66 bits per heavy atom. The molecule has 3 rings (SSSR count). The number of nitrogens with one attached hydrogen (secondary N) is 1. The first-order valence-electron chi connectivity index (χ1n) is 10.4. The molecule has 7 heteroatoms. The van der Waals surface area contributed by atoms with Crippen LogP contribution >= 0.6 is 35.3 Å². The van der Waals surface area contributed by atoms with Crippen LogP contribution in [-0.4, -0.2) is 16.5 Å². The first-order chi connectivity index (χ1) is 13.7. The molecule has 1 aromatic heterocycles. The van der Waals surface area contributed by atoms with Gasteiger partial charge in [-0.05, 0) is 37.0 Å². The Hall–Kier alpha value is -1.30. The minimum Gasteiger partial charge on any atom is -0.352 e. The largest absolute Gasteiger partial charge is 0.352 e. The number of carbonyl (C=O) groups excluding carboxylic acids is 1. The standard InChI is InChI=1S/C22H30ClN3OS.ClH/c1-2-3-13-26-20(16-28-22(26)25-19-7-5-4-6-8-19)14-21(27)24-15-17-9-11-18(23)12-10-17;/h9-12,16,19H,2-8,13-15H2,1H3,(H,24,27);1H. The van der Waals surface area contributed by atoms with Crippen LogP contribution in [0.15, 0.2) is 34.6 Å². The highest BCUT2D eigenvalue weighted by Gasteiger charge is 2.14. The van der Waals surface area contributed by atoms with Gasteiger partial charge < -0.3 is 9.88 Å². The zero-order chi connectivity index (χ0) is 19.8. The summed E-state index contributed by atoms with van der Waals surface area (Å²) in [5, 5.41) is 5.84. The Morgan fingerprint density at radius 2 is 1.97 bits per heavy atom. The summed E-state index contributed by atoms with van der Waals surface area (Å²) >= 11 is 7.59. The van der Waals surface area contributed by atoms with Crippen molar-refractivity contribution in [1.29, 1.82) is 0 Å². The molecule has 0 atom stereocenters. The van der Waals surface area contributed by atoms with Gasteiger partial charge in [-0.1, -0.05) is 56.3 Å². The molecule has 1 heterocycles. The van der Waals surface area contributed by atoms with Gasteiger partial charge in [-0.15, -0.1) is 23.7 Å². The topological polar surface area (TPSA) is 46.4 Å². The zero-order valence-electron chi connectivity index (χ0n) is 17.0. The number of unbranched alkanes of at least 4 members (excludes halogenated alkanes) is 1. The molecule has 0 unspecified atom stereocenters. The predicted molar refractivity (Wildman–Crippen MR) is 124 cm³/mol. The second-order valence-electron chi connectivity index (χ2n) is 7.52. The van der Waals surface area contributed by atoms with Gasteiger partial charge in [0.15, 0.2) is 4.80 Å². The summed E-state index contributed by atoms with van der Waals surface area (Å²) in [7, 11) is 0. The third-order valence-corrected chi connectivity index (χ3v) is 6.40. The smallest absolute Gasteiger partial charge is 0.226 e. The van der Waals surface area contributed by atoms with Gasteiger partial charge in [0.1, 0.15) is 0 Å². The number of nitrogens with zero attached hydrogens (tertiary/aromatic N) is 2. The highest BCUT2D eigenvalue weighted by atomic mass is 35.5. The van der Waals surface area contributed by atoms with Crippen molar-refractivity contribution in [3.8, 4) is 0 Å². The Morgan fingerprint density at radius 1 is 1.24 bits per heavy atom. The Kier molecular flexibility index (Phi) is 10.3. The van der Waals surface area contributed by atoms with E-state index in [1.54, 1.807) is 11.3 Å². The molecule has 1 aromatic carbocycles. The van der Waals surface area contributed by atoms with Crippen molar-refractivity contribution in [2.75, 3.05) is 0 Å². The second kappa shape index (κ2) is 12.4. The number of carbonyl (C=O) groups is 1. The van der Waals surface area contributed by atoms with Crippen molar-refractivity contribution in [3.05, 3.63) is 50.7 Å². The molecule has 0 spiro atoms. The molecule has 1 N–H and O–H groups in total. The van der Waals surface area contributed by atoms with Crippen molar-refractivity contribution in [2.24, 2.45) is 4.99 Å². The van der Waals surface area contributed by atoms with Gasteiger partial charge in [0, 0.05) is 29.2 Å². The monoisotopic (exact) mass is 455 g/mol. The molecular weight excluding hydrogens is 425 g/mol. The molecule has 0 aliphatic heterocycles. The molecule has 2 aromatic rings. The summed E-state index contributed by atoms with van der Waals surface area (Å²) in [6, 6.07) is 8.03. The van der Waals surface area contributed by atoms with E-state index in [2.05, 4.69) is 22.2 Å². The van der Waals surface area contributed by atoms with Crippen LogP contribution in [0.1, 0.15) is 63.1 Å². The van der Waals surface area contributed by atoms with Crippen LogP contribution in [0.4, 0.5) is 0 Å². The Bertz CT molecular complexity index is 823. The minimum absolute atomic E-state index is 0. The lowest BCUT2D eigenvalue weighted by Gasteiger charge is -2.17. The molecule has 1 fully saturated rings. The third kappa shape index (κ3) is 7.47. The lowest BCUT2D eigenvalue weighted by molar-refractivity contribution is -0.120. The fourth-order valence-corrected chi connectivity index (χ4v) is 4.68. The van der Waals surface area contributed by atoms with E-state index in [4.69, 9.17) is 16.6 Å². The fourth-order valence-electron chi connectivity index (χ4n) is 3.56. The van der Waals surface area contributed by atoms with Crippen LogP contribution in [0.25, 0.3) is 0 Å². The van der Waals surface area contributed by atoms with Gasteiger partial charge >= 0.3 is 0 Å². The van der Waals surface area contributed by atoms with E-state index >= 15 is 0 Å². The van der Waals surface area contributed by atoms with Gasteiger partial charge in [0.05, 0.1) is 12.5 Å². The van der Waals surface area contributed by atoms with Crippen LogP contribution < -0.4 is 10.1 Å². The number of hydrogen-bond acceptors (Lipinski definition) is 3. The highest BCUT2D eigenvalue weighted by Crippen LogP contribution is 2.20. The van der Waals surface area contributed by atoms with Gasteiger partial charge in [0.2, 0.25) is 5.91 Å². The summed E-state index contributed by atoms with van der Waals surface area (Å²) in [5.74, 6) is 0.0437. The molecule has 0 bridgehead atoms. The van der Waals surface area contributed by atoms with Crippen molar-refractivity contribution in [1.82, 2.24) is 9.88 Å². The maximum Gasteiger partial charge on any atom is 0.226 e. The molecular formula is C22H31Cl2N3OS. The van der Waals surface area contributed by atoms with E-state index in [0.29, 0.717) is 24.0 Å². The number of aromatic nitrogens is 1. The number of rotatable bonds is 8. The highest BCUT2D eigenvalue weighted by molar-refractivity contribution is 7.07. The number of benzene rings is 1. The molecule has 1 amide bonds. The predicted octanol–water partition coefficient (Wildman–Crippen LogP) is 5.52. The molecule has 0 saturated heterocycles. The summed E-state index contributed by atoms with van der Waals surface area (Å²) in [4.78, 5) is 18.6. The van der Waals surface area contributed by atoms with Crippen LogP contribution in [0.5, 0.6) is 0 Å². The summed E-state index contributed by atoms with van der Waals surface area (Å²) < 4.78 is 2.27. The molecule has 1 aliphatic carbocycles. The van der Waals surface area contributed by atoms with E-state index < -0.39 is 0 Å². The molecule has 160 valence electrons. The average Bonchev–Trinajstić information content (AvgIpc) is 3.07. The number of halogens is 2. The van der Waals surface area contributed by atoms with Crippen LogP contribution in [0, 0.1) is 0 Å². The summed E-state index contributed by atoms with van der Waals surface area (Å²) in [5.41, 5.74) is 2.12.